The van der Waals surface area contributed by atoms with Gasteiger partial charge in [-0.15, -0.1) is 0 Å². The van der Waals surface area contributed by atoms with Crippen molar-refractivity contribution in [2.45, 2.75) is 18.9 Å². The summed E-state index contributed by atoms with van der Waals surface area (Å²) >= 11 is 0. The van der Waals surface area contributed by atoms with Crippen molar-refractivity contribution in [2.75, 3.05) is 26.7 Å². The molecule has 1 aromatic rings. The van der Waals surface area contributed by atoms with E-state index >= 15 is 0 Å². The Morgan fingerprint density at radius 2 is 2.12 bits per heavy atom. The number of rotatable bonds is 1. The molecule has 1 saturated heterocycles. The molecule has 3 heteroatoms. The smallest absolute Gasteiger partial charge is 0.128 e. The minimum absolute atomic E-state index is 0.118. The zero-order valence-corrected chi connectivity index (χ0v) is 9.96. The van der Waals surface area contributed by atoms with Crippen molar-refractivity contribution in [3.05, 3.63) is 35.6 Å². The maximum Gasteiger partial charge on any atom is 0.128 e. The Bertz CT molecular complexity index is 367. The van der Waals surface area contributed by atoms with Gasteiger partial charge in [0.1, 0.15) is 5.82 Å². The summed E-state index contributed by atoms with van der Waals surface area (Å²) in [5.74, 6) is -0.118. The Balaban J connectivity index is 2.32. The molecule has 1 aromatic carbocycles. The molecule has 88 valence electrons. The van der Waals surface area contributed by atoms with Gasteiger partial charge in [0.05, 0.1) is 5.54 Å². The molecular formula is C13H19FN2. The Morgan fingerprint density at radius 3 is 2.88 bits per heavy atom. The molecule has 0 aliphatic carbocycles. The number of hydrogen-bond acceptors (Lipinski definition) is 2. The summed E-state index contributed by atoms with van der Waals surface area (Å²) in [6.07, 6.45) is 1.11. The van der Waals surface area contributed by atoms with Gasteiger partial charge in [0.15, 0.2) is 0 Å². The van der Waals surface area contributed by atoms with Crippen LogP contribution in [-0.4, -0.2) is 31.6 Å². The van der Waals surface area contributed by atoms with Gasteiger partial charge in [-0.3, -0.25) is 0 Å². The Labute approximate surface area is 96.5 Å². The molecule has 0 radical (unpaired) electrons. The topological polar surface area (TPSA) is 15.3 Å². The lowest BCUT2D eigenvalue weighted by Gasteiger charge is -2.32. The highest BCUT2D eigenvalue weighted by Crippen LogP contribution is 2.25. The summed E-state index contributed by atoms with van der Waals surface area (Å²) in [6, 6.07) is 7.05. The van der Waals surface area contributed by atoms with Crippen LogP contribution >= 0.6 is 0 Å². The summed E-state index contributed by atoms with van der Waals surface area (Å²) < 4.78 is 13.8. The third kappa shape index (κ3) is 2.25. The van der Waals surface area contributed by atoms with Crippen molar-refractivity contribution in [1.29, 1.82) is 0 Å². The summed E-state index contributed by atoms with van der Waals surface area (Å²) in [5, 5.41) is 3.46. The Kier molecular flexibility index (Phi) is 3.26. The molecule has 16 heavy (non-hydrogen) atoms. The fraction of sp³-hybridized carbons (Fsp3) is 0.538. The van der Waals surface area contributed by atoms with E-state index < -0.39 is 0 Å². The van der Waals surface area contributed by atoms with Crippen LogP contribution in [0.3, 0.4) is 0 Å². The van der Waals surface area contributed by atoms with Crippen molar-refractivity contribution < 1.29 is 4.39 Å². The van der Waals surface area contributed by atoms with E-state index in [1.54, 1.807) is 6.07 Å². The summed E-state index contributed by atoms with van der Waals surface area (Å²) in [6.45, 7) is 4.92. The van der Waals surface area contributed by atoms with Crippen LogP contribution < -0.4 is 5.32 Å². The number of halogens is 1. The van der Waals surface area contributed by atoms with E-state index in [2.05, 4.69) is 24.2 Å². The van der Waals surface area contributed by atoms with Gasteiger partial charge in [-0.2, -0.15) is 0 Å². The molecule has 2 rings (SSSR count). The molecule has 0 saturated carbocycles. The number of nitrogens with zero attached hydrogens (tertiary/aromatic N) is 1. The highest BCUT2D eigenvalue weighted by Gasteiger charge is 2.31. The lowest BCUT2D eigenvalue weighted by molar-refractivity contribution is 0.254. The highest BCUT2D eigenvalue weighted by atomic mass is 19.1. The van der Waals surface area contributed by atoms with Gasteiger partial charge < -0.3 is 10.2 Å². The molecule has 1 N–H and O–H groups in total. The van der Waals surface area contributed by atoms with E-state index in [4.69, 9.17) is 0 Å². The van der Waals surface area contributed by atoms with Gasteiger partial charge >= 0.3 is 0 Å². The molecule has 1 fully saturated rings. The zero-order chi connectivity index (χ0) is 11.6. The minimum atomic E-state index is -0.281. The predicted octanol–water partition coefficient (Wildman–Crippen LogP) is 1.97. The summed E-state index contributed by atoms with van der Waals surface area (Å²) in [4.78, 5) is 2.26. The van der Waals surface area contributed by atoms with Crippen LogP contribution in [0.1, 0.15) is 18.9 Å². The Morgan fingerprint density at radius 1 is 1.38 bits per heavy atom. The Hall–Kier alpha value is -0.930. The molecule has 0 aromatic heterocycles. The fourth-order valence-electron chi connectivity index (χ4n) is 2.48. The molecule has 1 unspecified atom stereocenters. The van der Waals surface area contributed by atoms with E-state index in [0.29, 0.717) is 0 Å². The lowest BCUT2D eigenvalue weighted by Crippen LogP contribution is -2.46. The van der Waals surface area contributed by atoms with E-state index in [1.165, 1.54) is 6.07 Å². The van der Waals surface area contributed by atoms with Crippen molar-refractivity contribution in [3.63, 3.8) is 0 Å². The molecular weight excluding hydrogens is 203 g/mol. The number of benzene rings is 1. The van der Waals surface area contributed by atoms with Crippen molar-refractivity contribution in [1.82, 2.24) is 10.2 Å². The van der Waals surface area contributed by atoms with Crippen LogP contribution in [0.5, 0.6) is 0 Å². The van der Waals surface area contributed by atoms with Crippen molar-refractivity contribution in [3.8, 4) is 0 Å². The predicted molar refractivity (Wildman–Crippen MR) is 63.9 cm³/mol. The second kappa shape index (κ2) is 4.52. The SMILES string of the molecule is CN1CCCNC(C)(c2ccccc2F)C1. The maximum absolute atomic E-state index is 13.8. The van der Waals surface area contributed by atoms with Gasteiger partial charge in [0, 0.05) is 12.1 Å². The second-order valence-electron chi connectivity index (χ2n) is 4.83. The molecule has 0 amide bonds. The molecule has 1 aliphatic rings. The first kappa shape index (κ1) is 11.6. The average Bonchev–Trinajstić information content (AvgIpc) is 2.41. The van der Waals surface area contributed by atoms with E-state index in [-0.39, 0.29) is 11.4 Å². The second-order valence-corrected chi connectivity index (χ2v) is 4.83. The van der Waals surface area contributed by atoms with E-state index in [0.717, 1.165) is 31.6 Å². The van der Waals surface area contributed by atoms with Gasteiger partial charge in [0.2, 0.25) is 0 Å². The first-order valence-electron chi connectivity index (χ1n) is 5.80. The maximum atomic E-state index is 13.8. The first-order chi connectivity index (χ1) is 7.62. The van der Waals surface area contributed by atoms with Crippen molar-refractivity contribution >= 4 is 0 Å². The molecule has 1 aliphatic heterocycles. The quantitative estimate of drug-likeness (QED) is 0.781. The standard InChI is InChI=1S/C13H19FN2/c1-13(10-16(2)9-5-8-15-13)11-6-3-4-7-12(11)14/h3-4,6-7,15H,5,8-10H2,1-2H3. The van der Waals surface area contributed by atoms with Gasteiger partial charge in [-0.05, 0) is 39.5 Å². The van der Waals surface area contributed by atoms with Gasteiger partial charge in [0.25, 0.3) is 0 Å². The monoisotopic (exact) mass is 222 g/mol. The molecule has 0 bridgehead atoms. The number of hydrogen-bond donors (Lipinski definition) is 1. The van der Waals surface area contributed by atoms with Crippen LogP contribution in [0.4, 0.5) is 4.39 Å². The lowest BCUT2D eigenvalue weighted by atomic mass is 9.91. The third-order valence-electron chi connectivity index (χ3n) is 3.29. The zero-order valence-electron chi connectivity index (χ0n) is 9.96. The van der Waals surface area contributed by atoms with Crippen LogP contribution in [0, 0.1) is 5.82 Å². The van der Waals surface area contributed by atoms with Crippen LogP contribution in [0.25, 0.3) is 0 Å². The fourth-order valence-corrected chi connectivity index (χ4v) is 2.48. The molecule has 1 heterocycles. The number of likely N-dealkylation sites (N-methyl/N-ethyl adjacent to an activating group) is 1. The van der Waals surface area contributed by atoms with Gasteiger partial charge in [-0.25, -0.2) is 4.39 Å². The molecule has 1 atom stereocenters. The molecule has 2 nitrogen and oxygen atoms in total. The largest absolute Gasteiger partial charge is 0.306 e. The van der Waals surface area contributed by atoms with Crippen LogP contribution in [0.15, 0.2) is 24.3 Å². The van der Waals surface area contributed by atoms with E-state index in [1.807, 2.05) is 12.1 Å². The minimum Gasteiger partial charge on any atom is -0.306 e. The summed E-state index contributed by atoms with van der Waals surface area (Å²) in [7, 11) is 2.09. The highest BCUT2D eigenvalue weighted by molar-refractivity contribution is 5.26. The average molecular weight is 222 g/mol. The normalized spacial score (nSPS) is 27.7. The van der Waals surface area contributed by atoms with Crippen LogP contribution in [-0.2, 0) is 5.54 Å². The number of nitrogens with one attached hydrogen (secondary N) is 1. The van der Waals surface area contributed by atoms with Crippen molar-refractivity contribution in [2.24, 2.45) is 0 Å². The van der Waals surface area contributed by atoms with Gasteiger partial charge in [-0.1, -0.05) is 18.2 Å². The van der Waals surface area contributed by atoms with E-state index in [9.17, 15) is 4.39 Å². The summed E-state index contributed by atoms with van der Waals surface area (Å²) in [5.41, 5.74) is 0.486. The first-order valence-corrected chi connectivity index (χ1v) is 5.80. The molecule has 0 spiro atoms. The van der Waals surface area contributed by atoms with Crippen LogP contribution in [0.2, 0.25) is 0 Å². The third-order valence-corrected chi connectivity index (χ3v) is 3.29.